The van der Waals surface area contributed by atoms with E-state index in [9.17, 15) is 4.79 Å². The first-order valence-electron chi connectivity index (χ1n) is 4.97. The minimum absolute atomic E-state index is 0.0139. The molecule has 13 heavy (non-hydrogen) atoms. The molecule has 78 valence electrons. The van der Waals surface area contributed by atoms with Crippen molar-refractivity contribution in [2.75, 3.05) is 6.61 Å². The first-order valence-corrected chi connectivity index (χ1v) is 4.97. The van der Waals surface area contributed by atoms with Crippen LogP contribution in [-0.4, -0.2) is 12.6 Å². The molecule has 2 atom stereocenters. The number of hydrogen-bond donors (Lipinski definition) is 0. The highest BCUT2D eigenvalue weighted by atomic mass is 16.5. The highest BCUT2D eigenvalue weighted by Crippen LogP contribution is 2.31. The van der Waals surface area contributed by atoms with Crippen LogP contribution < -0.4 is 0 Å². The molecule has 0 radical (unpaired) electrons. The van der Waals surface area contributed by atoms with E-state index in [1.165, 1.54) is 0 Å². The summed E-state index contributed by atoms with van der Waals surface area (Å²) < 4.78 is 4.98. The van der Waals surface area contributed by atoms with Crippen molar-refractivity contribution in [2.45, 2.75) is 41.5 Å². The van der Waals surface area contributed by atoms with Crippen LogP contribution in [0.3, 0.4) is 0 Å². The van der Waals surface area contributed by atoms with E-state index in [1.54, 1.807) is 0 Å². The molecule has 0 saturated heterocycles. The zero-order chi connectivity index (χ0) is 10.6. The fourth-order valence-corrected chi connectivity index (χ4v) is 1.23. The van der Waals surface area contributed by atoms with Gasteiger partial charge in [-0.1, -0.05) is 34.6 Å². The molecule has 0 rings (SSSR count). The average molecular weight is 186 g/mol. The Morgan fingerprint density at radius 2 is 1.77 bits per heavy atom. The standard InChI is InChI=1S/C11H22O2/c1-7-13-10(12)8(2)9(3)11(4,5)6/h8-9H,7H2,1-6H3/t8-,9-/m0/s1. The van der Waals surface area contributed by atoms with Gasteiger partial charge in [0.1, 0.15) is 0 Å². The minimum Gasteiger partial charge on any atom is -0.466 e. The summed E-state index contributed by atoms with van der Waals surface area (Å²) in [6.45, 7) is 12.8. The molecule has 0 aromatic rings. The molecule has 0 N–H and O–H groups in total. The van der Waals surface area contributed by atoms with E-state index in [1.807, 2.05) is 13.8 Å². The summed E-state index contributed by atoms with van der Waals surface area (Å²) in [6.07, 6.45) is 0. The van der Waals surface area contributed by atoms with E-state index in [2.05, 4.69) is 27.7 Å². The van der Waals surface area contributed by atoms with Gasteiger partial charge in [0.2, 0.25) is 0 Å². The number of hydrogen-bond acceptors (Lipinski definition) is 2. The quantitative estimate of drug-likeness (QED) is 0.633. The van der Waals surface area contributed by atoms with E-state index in [0.29, 0.717) is 12.5 Å². The van der Waals surface area contributed by atoms with Crippen LogP contribution in [0, 0.1) is 17.3 Å². The topological polar surface area (TPSA) is 26.3 Å². The number of ether oxygens (including phenoxy) is 1. The third kappa shape index (κ3) is 3.79. The van der Waals surface area contributed by atoms with E-state index < -0.39 is 0 Å². The van der Waals surface area contributed by atoms with Gasteiger partial charge < -0.3 is 4.74 Å². The van der Waals surface area contributed by atoms with Crippen LogP contribution in [0.15, 0.2) is 0 Å². The normalized spacial score (nSPS) is 16.5. The predicted octanol–water partition coefficient (Wildman–Crippen LogP) is 2.87. The van der Waals surface area contributed by atoms with Crippen molar-refractivity contribution in [1.82, 2.24) is 0 Å². The zero-order valence-corrected chi connectivity index (χ0v) is 9.68. The van der Waals surface area contributed by atoms with Crippen LogP contribution in [0.5, 0.6) is 0 Å². The lowest BCUT2D eigenvalue weighted by Crippen LogP contribution is -2.30. The van der Waals surface area contributed by atoms with E-state index in [4.69, 9.17) is 4.74 Å². The third-order valence-electron chi connectivity index (χ3n) is 2.77. The minimum atomic E-state index is -0.0788. The Morgan fingerprint density at radius 1 is 1.31 bits per heavy atom. The van der Waals surface area contributed by atoms with Crippen molar-refractivity contribution in [3.8, 4) is 0 Å². The number of rotatable bonds is 3. The van der Waals surface area contributed by atoms with Crippen molar-refractivity contribution >= 4 is 5.97 Å². The van der Waals surface area contributed by atoms with Gasteiger partial charge in [0.25, 0.3) is 0 Å². The van der Waals surface area contributed by atoms with Gasteiger partial charge in [-0.15, -0.1) is 0 Å². The molecular formula is C11H22O2. The molecule has 0 amide bonds. The second-order valence-corrected chi connectivity index (χ2v) is 4.70. The third-order valence-corrected chi connectivity index (χ3v) is 2.77. The van der Waals surface area contributed by atoms with Gasteiger partial charge in [0, 0.05) is 0 Å². The second kappa shape index (κ2) is 4.64. The Morgan fingerprint density at radius 3 is 2.08 bits per heavy atom. The Balaban J connectivity index is 4.25. The smallest absolute Gasteiger partial charge is 0.308 e. The molecule has 0 saturated carbocycles. The lowest BCUT2D eigenvalue weighted by atomic mass is 9.75. The summed E-state index contributed by atoms with van der Waals surface area (Å²) in [4.78, 5) is 11.4. The highest BCUT2D eigenvalue weighted by Gasteiger charge is 2.30. The van der Waals surface area contributed by atoms with Crippen molar-refractivity contribution in [1.29, 1.82) is 0 Å². The maximum atomic E-state index is 11.4. The number of carbonyl (C=O) groups excluding carboxylic acids is 1. The fourth-order valence-electron chi connectivity index (χ4n) is 1.23. The van der Waals surface area contributed by atoms with Crippen molar-refractivity contribution in [3.05, 3.63) is 0 Å². The summed E-state index contributed by atoms with van der Waals surface area (Å²) in [7, 11) is 0. The monoisotopic (exact) mass is 186 g/mol. The largest absolute Gasteiger partial charge is 0.466 e. The summed E-state index contributed by atoms with van der Waals surface area (Å²) in [5.74, 6) is 0.247. The maximum Gasteiger partial charge on any atom is 0.308 e. The van der Waals surface area contributed by atoms with Crippen LogP contribution in [0.2, 0.25) is 0 Å². The highest BCUT2D eigenvalue weighted by molar-refractivity contribution is 5.72. The Hall–Kier alpha value is -0.530. The van der Waals surface area contributed by atoms with Crippen LogP contribution in [0.4, 0.5) is 0 Å². The van der Waals surface area contributed by atoms with Crippen LogP contribution in [-0.2, 0) is 9.53 Å². The fraction of sp³-hybridized carbons (Fsp3) is 0.909. The summed E-state index contributed by atoms with van der Waals surface area (Å²) >= 11 is 0. The van der Waals surface area contributed by atoms with Crippen LogP contribution in [0.25, 0.3) is 0 Å². The lowest BCUT2D eigenvalue weighted by Gasteiger charge is -2.31. The Labute approximate surface area is 81.7 Å². The summed E-state index contributed by atoms with van der Waals surface area (Å²) in [6, 6.07) is 0. The Bertz CT molecular complexity index is 167. The molecule has 0 unspecified atom stereocenters. The van der Waals surface area contributed by atoms with Gasteiger partial charge in [0.05, 0.1) is 12.5 Å². The second-order valence-electron chi connectivity index (χ2n) is 4.70. The van der Waals surface area contributed by atoms with Crippen molar-refractivity contribution < 1.29 is 9.53 Å². The molecule has 0 aromatic carbocycles. The molecule has 0 fully saturated rings. The number of carbonyl (C=O) groups is 1. The molecule has 2 nitrogen and oxygen atoms in total. The van der Waals surface area contributed by atoms with Crippen molar-refractivity contribution in [3.63, 3.8) is 0 Å². The van der Waals surface area contributed by atoms with Crippen LogP contribution in [0.1, 0.15) is 41.5 Å². The van der Waals surface area contributed by atoms with Gasteiger partial charge in [-0.3, -0.25) is 4.79 Å². The Kier molecular flexibility index (Phi) is 4.45. The zero-order valence-electron chi connectivity index (χ0n) is 9.68. The van der Waals surface area contributed by atoms with Gasteiger partial charge in [-0.25, -0.2) is 0 Å². The van der Waals surface area contributed by atoms with Gasteiger partial charge in [-0.2, -0.15) is 0 Å². The maximum absolute atomic E-state index is 11.4. The van der Waals surface area contributed by atoms with E-state index >= 15 is 0 Å². The first-order chi connectivity index (χ1) is 5.80. The predicted molar refractivity (Wildman–Crippen MR) is 54.4 cm³/mol. The van der Waals surface area contributed by atoms with Gasteiger partial charge in [-0.05, 0) is 18.3 Å². The number of esters is 1. The first kappa shape index (κ1) is 12.5. The summed E-state index contributed by atoms with van der Waals surface area (Å²) in [5.41, 5.74) is 0.159. The molecule has 0 aliphatic rings. The van der Waals surface area contributed by atoms with Gasteiger partial charge in [0.15, 0.2) is 0 Å². The van der Waals surface area contributed by atoms with Gasteiger partial charge >= 0.3 is 5.97 Å². The lowest BCUT2D eigenvalue weighted by molar-refractivity contribution is -0.150. The molecule has 0 bridgehead atoms. The van der Waals surface area contributed by atoms with E-state index in [-0.39, 0.29) is 17.3 Å². The molecule has 2 heteroatoms. The SMILES string of the molecule is CCOC(=O)[C@@H](C)[C@H](C)C(C)(C)C. The molecule has 0 aliphatic heterocycles. The average Bonchev–Trinajstić information content (AvgIpc) is 2.00. The summed E-state index contributed by atoms with van der Waals surface area (Å²) in [5, 5.41) is 0. The molecule has 0 aromatic heterocycles. The molecular weight excluding hydrogens is 164 g/mol. The van der Waals surface area contributed by atoms with Crippen LogP contribution >= 0.6 is 0 Å². The van der Waals surface area contributed by atoms with Crippen molar-refractivity contribution in [2.24, 2.45) is 17.3 Å². The van der Waals surface area contributed by atoms with E-state index in [0.717, 1.165) is 0 Å². The molecule has 0 aliphatic carbocycles. The molecule has 0 spiro atoms. The molecule has 0 heterocycles.